The zero-order chi connectivity index (χ0) is 12.1. The van der Waals surface area contributed by atoms with Crippen LogP contribution in [0.5, 0.6) is 0 Å². The van der Waals surface area contributed by atoms with E-state index in [2.05, 4.69) is 26.6 Å². The van der Waals surface area contributed by atoms with Crippen LogP contribution in [0.3, 0.4) is 0 Å². The van der Waals surface area contributed by atoms with Gasteiger partial charge in [0, 0.05) is 5.69 Å². The highest BCUT2D eigenvalue weighted by Crippen LogP contribution is 2.19. The van der Waals surface area contributed by atoms with E-state index in [-0.39, 0.29) is 17.1 Å². The summed E-state index contributed by atoms with van der Waals surface area (Å²) in [6, 6.07) is 3.38. The maximum Gasteiger partial charge on any atom is 0.319 e. The highest BCUT2D eigenvalue weighted by atomic mass is 79.9. The molecule has 1 rings (SSSR count). The normalized spacial score (nSPS) is 12.0. The molecule has 0 saturated carbocycles. The molecule has 0 radical (unpaired) electrons. The van der Waals surface area contributed by atoms with E-state index in [1.807, 2.05) is 0 Å². The molecule has 0 saturated heterocycles. The monoisotopic (exact) mass is 290 g/mol. The number of aliphatic hydroxyl groups excluding tert-OH is 1. The minimum Gasteiger partial charge on any atom is -0.394 e. The van der Waals surface area contributed by atoms with E-state index in [0.29, 0.717) is 5.69 Å². The van der Waals surface area contributed by atoms with Gasteiger partial charge in [-0.2, -0.15) is 0 Å². The molecule has 4 nitrogen and oxygen atoms in total. The molecule has 0 heterocycles. The molecule has 0 spiro atoms. The lowest BCUT2D eigenvalue weighted by atomic mass is 10.3. The van der Waals surface area contributed by atoms with Gasteiger partial charge in [0.1, 0.15) is 5.82 Å². The van der Waals surface area contributed by atoms with Gasteiger partial charge in [0.25, 0.3) is 0 Å². The van der Waals surface area contributed by atoms with Crippen LogP contribution in [-0.2, 0) is 0 Å². The lowest BCUT2D eigenvalue weighted by Crippen LogP contribution is -2.38. The fraction of sp³-hybridized carbons (Fsp3) is 0.300. The Labute approximate surface area is 101 Å². The third-order valence-electron chi connectivity index (χ3n) is 1.83. The van der Waals surface area contributed by atoms with E-state index in [1.54, 1.807) is 6.92 Å². The van der Waals surface area contributed by atoms with E-state index in [1.165, 1.54) is 18.2 Å². The van der Waals surface area contributed by atoms with Crippen LogP contribution >= 0.6 is 15.9 Å². The number of halogens is 2. The van der Waals surface area contributed by atoms with Crippen LogP contribution in [0.4, 0.5) is 14.9 Å². The van der Waals surface area contributed by atoms with Crippen LogP contribution in [0, 0.1) is 5.82 Å². The Bertz CT molecular complexity index is 387. The van der Waals surface area contributed by atoms with Crippen molar-refractivity contribution in [2.24, 2.45) is 0 Å². The van der Waals surface area contributed by atoms with Crippen LogP contribution in [-0.4, -0.2) is 23.8 Å². The van der Waals surface area contributed by atoms with Crippen molar-refractivity contribution in [3.63, 3.8) is 0 Å². The Morgan fingerprint density at radius 2 is 2.31 bits per heavy atom. The summed E-state index contributed by atoms with van der Waals surface area (Å²) in [5.41, 5.74) is 0.468. The lowest BCUT2D eigenvalue weighted by molar-refractivity contribution is 0.229. The Morgan fingerprint density at radius 3 is 2.88 bits per heavy atom. The van der Waals surface area contributed by atoms with Crippen molar-refractivity contribution in [2.45, 2.75) is 13.0 Å². The molecule has 0 unspecified atom stereocenters. The second kappa shape index (κ2) is 5.81. The molecule has 0 fully saturated rings. The second-order valence-electron chi connectivity index (χ2n) is 3.31. The van der Waals surface area contributed by atoms with Gasteiger partial charge in [-0.25, -0.2) is 9.18 Å². The zero-order valence-corrected chi connectivity index (χ0v) is 10.2. The third-order valence-corrected chi connectivity index (χ3v) is 2.44. The van der Waals surface area contributed by atoms with Gasteiger partial charge in [-0.3, -0.25) is 0 Å². The number of anilines is 1. The quantitative estimate of drug-likeness (QED) is 0.798. The topological polar surface area (TPSA) is 61.4 Å². The molecule has 0 aromatic heterocycles. The fourth-order valence-electron chi connectivity index (χ4n) is 1.01. The molecule has 0 bridgehead atoms. The van der Waals surface area contributed by atoms with Gasteiger partial charge in [0.05, 0.1) is 17.1 Å². The summed E-state index contributed by atoms with van der Waals surface area (Å²) in [6.45, 7) is 1.53. The zero-order valence-electron chi connectivity index (χ0n) is 8.63. The van der Waals surface area contributed by atoms with E-state index < -0.39 is 11.8 Å². The number of nitrogens with one attached hydrogen (secondary N) is 2. The molecule has 1 atom stereocenters. The van der Waals surface area contributed by atoms with Crippen LogP contribution in [0.15, 0.2) is 22.7 Å². The predicted molar refractivity (Wildman–Crippen MR) is 62.8 cm³/mol. The molecule has 1 aromatic carbocycles. The maximum absolute atomic E-state index is 12.9. The van der Waals surface area contributed by atoms with Crippen molar-refractivity contribution < 1.29 is 14.3 Å². The lowest BCUT2D eigenvalue weighted by Gasteiger charge is -2.12. The van der Waals surface area contributed by atoms with Crippen molar-refractivity contribution >= 4 is 27.6 Å². The van der Waals surface area contributed by atoms with Crippen LogP contribution < -0.4 is 10.6 Å². The Kier molecular flexibility index (Phi) is 4.70. The number of benzene rings is 1. The van der Waals surface area contributed by atoms with E-state index >= 15 is 0 Å². The van der Waals surface area contributed by atoms with Crippen molar-refractivity contribution in [1.82, 2.24) is 5.32 Å². The van der Waals surface area contributed by atoms with E-state index in [0.717, 1.165) is 0 Å². The molecule has 88 valence electrons. The number of amides is 2. The first kappa shape index (κ1) is 12.9. The second-order valence-corrected chi connectivity index (χ2v) is 4.17. The fourth-order valence-corrected chi connectivity index (χ4v) is 1.39. The first-order valence-electron chi connectivity index (χ1n) is 4.66. The molecule has 16 heavy (non-hydrogen) atoms. The molecule has 0 aliphatic carbocycles. The number of aliphatic hydroxyl groups is 1. The highest BCUT2D eigenvalue weighted by Gasteiger charge is 2.07. The molecular weight excluding hydrogens is 279 g/mol. The number of carbonyl (C=O) groups is 1. The number of rotatable bonds is 3. The highest BCUT2D eigenvalue weighted by molar-refractivity contribution is 9.10. The molecule has 0 aliphatic rings. The van der Waals surface area contributed by atoms with Gasteiger partial charge in [0.2, 0.25) is 0 Å². The minimum absolute atomic E-state index is 0.138. The maximum atomic E-state index is 12.9. The Balaban J connectivity index is 2.59. The van der Waals surface area contributed by atoms with Crippen LogP contribution in [0.25, 0.3) is 0 Å². The average Bonchev–Trinajstić information content (AvgIpc) is 2.23. The standard InChI is InChI=1S/C10H12BrFN2O2/c1-6(5-15)13-10(16)14-7-2-3-9(12)8(11)4-7/h2-4,6,15H,5H2,1H3,(H2,13,14,16)/t6-/m1/s1. The van der Waals surface area contributed by atoms with Crippen LogP contribution in [0.2, 0.25) is 0 Å². The molecule has 6 heteroatoms. The summed E-state index contributed by atoms with van der Waals surface area (Å²) in [6.07, 6.45) is 0. The van der Waals surface area contributed by atoms with Crippen molar-refractivity contribution in [2.75, 3.05) is 11.9 Å². The molecular formula is C10H12BrFN2O2. The number of hydrogen-bond acceptors (Lipinski definition) is 2. The minimum atomic E-state index is -0.444. The van der Waals surface area contributed by atoms with E-state index in [9.17, 15) is 9.18 Å². The summed E-state index contributed by atoms with van der Waals surface area (Å²) >= 11 is 3.01. The van der Waals surface area contributed by atoms with Crippen LogP contribution in [0.1, 0.15) is 6.92 Å². The molecule has 0 aliphatic heterocycles. The van der Waals surface area contributed by atoms with E-state index in [4.69, 9.17) is 5.11 Å². The average molecular weight is 291 g/mol. The molecule has 1 aromatic rings. The Morgan fingerprint density at radius 1 is 1.62 bits per heavy atom. The summed E-state index contributed by atoms with van der Waals surface area (Å²) in [7, 11) is 0. The van der Waals surface area contributed by atoms with Crippen molar-refractivity contribution in [3.05, 3.63) is 28.5 Å². The van der Waals surface area contributed by atoms with Gasteiger partial charge in [-0.1, -0.05) is 0 Å². The smallest absolute Gasteiger partial charge is 0.319 e. The summed E-state index contributed by atoms with van der Waals surface area (Å²) in [5.74, 6) is -0.394. The van der Waals surface area contributed by atoms with Gasteiger partial charge < -0.3 is 15.7 Å². The summed E-state index contributed by atoms with van der Waals surface area (Å²) in [4.78, 5) is 11.3. The first-order valence-corrected chi connectivity index (χ1v) is 5.45. The number of urea groups is 1. The van der Waals surface area contributed by atoms with Gasteiger partial charge >= 0.3 is 6.03 Å². The third kappa shape index (κ3) is 3.79. The summed E-state index contributed by atoms with van der Waals surface area (Å²) < 4.78 is 13.2. The van der Waals surface area contributed by atoms with Gasteiger partial charge in [-0.15, -0.1) is 0 Å². The largest absolute Gasteiger partial charge is 0.394 e. The predicted octanol–water partition coefficient (Wildman–Crippen LogP) is 2.09. The summed E-state index contributed by atoms with van der Waals surface area (Å²) in [5, 5.41) is 13.8. The Hall–Kier alpha value is -1.14. The van der Waals surface area contributed by atoms with Crippen molar-refractivity contribution in [1.29, 1.82) is 0 Å². The molecule has 2 amide bonds. The van der Waals surface area contributed by atoms with Crippen molar-refractivity contribution in [3.8, 4) is 0 Å². The number of carbonyl (C=O) groups excluding carboxylic acids is 1. The SMILES string of the molecule is C[C@H](CO)NC(=O)Nc1ccc(F)c(Br)c1. The van der Waals surface area contributed by atoms with Gasteiger partial charge in [-0.05, 0) is 41.1 Å². The first-order chi connectivity index (χ1) is 7.52. The molecule has 3 N–H and O–H groups in total. The number of hydrogen-bond donors (Lipinski definition) is 3. The van der Waals surface area contributed by atoms with Gasteiger partial charge in [0.15, 0.2) is 0 Å².